The molecule has 4 N–H and O–H groups in total. The van der Waals surface area contributed by atoms with Crippen LogP contribution < -0.4 is 21.4 Å². The number of amides is 4. The third-order valence-corrected chi connectivity index (χ3v) is 10.7. The number of nitrogens with one attached hydrogen (secondary N) is 4. The number of likely N-dealkylation sites (tertiary alicyclic amines) is 1. The molecule has 1 aliphatic carbocycles. The van der Waals surface area contributed by atoms with Crippen molar-refractivity contribution in [2.24, 2.45) is 5.41 Å². The third-order valence-electron chi connectivity index (χ3n) is 10.5. The maximum absolute atomic E-state index is 14.7. The van der Waals surface area contributed by atoms with Gasteiger partial charge in [-0.15, -0.1) is 0 Å². The molecule has 4 heterocycles. The highest BCUT2D eigenvalue weighted by Crippen LogP contribution is 2.40. The highest BCUT2D eigenvalue weighted by atomic mass is 35.5. The number of ketones is 1. The number of rotatable bonds is 12. The smallest absolute Gasteiger partial charge is 0.408 e. The normalized spacial score (nSPS) is 23.0. The Morgan fingerprint density at radius 3 is 2.48 bits per heavy atom. The summed E-state index contributed by atoms with van der Waals surface area (Å²) in [6, 6.07) is 9.43. The molecule has 5 atom stereocenters. The van der Waals surface area contributed by atoms with E-state index in [1.165, 1.54) is 4.90 Å². The molecule has 0 bridgehead atoms. The van der Waals surface area contributed by atoms with E-state index in [0.29, 0.717) is 41.4 Å². The molecule has 1 saturated carbocycles. The first-order chi connectivity index (χ1) is 26.7. The van der Waals surface area contributed by atoms with E-state index in [1.807, 2.05) is 43.3 Å². The number of hydrogen-bond donors (Lipinski definition) is 4. The van der Waals surface area contributed by atoms with Crippen LogP contribution in [0.15, 0.2) is 53.1 Å². The number of hydrogen-bond acceptors (Lipinski definition) is 11. The van der Waals surface area contributed by atoms with Crippen molar-refractivity contribution in [3.8, 4) is 11.3 Å². The van der Waals surface area contributed by atoms with Crippen LogP contribution in [0.2, 0.25) is 5.02 Å². The van der Waals surface area contributed by atoms with Crippen molar-refractivity contribution in [2.45, 2.75) is 102 Å². The van der Waals surface area contributed by atoms with Crippen LogP contribution >= 0.6 is 11.6 Å². The average molecular weight is 791 g/mol. The molecule has 1 spiro atoms. The summed E-state index contributed by atoms with van der Waals surface area (Å²) >= 11 is 6.11. The SMILES string of the molecule is CCC[C@H](NC(=O)[C@@H]1C[C@]2(C=C(c3ccc4noc(-c5ccc(Cl)cc5)c4c3)NO2)CN1C(=O)[C@@H](NC(=O)O[C@H]1CCOC1)C(C)(C)C)C(=O)C(=O)NC1CC1. The van der Waals surface area contributed by atoms with Gasteiger partial charge in [-0.25, -0.2) is 4.79 Å². The molecule has 3 aromatic rings. The van der Waals surface area contributed by atoms with E-state index in [-0.39, 0.29) is 32.0 Å². The highest BCUT2D eigenvalue weighted by Gasteiger charge is 2.54. The van der Waals surface area contributed by atoms with Crippen molar-refractivity contribution in [3.63, 3.8) is 0 Å². The number of hydroxylamine groups is 1. The predicted octanol–water partition coefficient (Wildman–Crippen LogP) is 4.43. The van der Waals surface area contributed by atoms with Crippen LogP contribution in [0.3, 0.4) is 0 Å². The Kier molecular flexibility index (Phi) is 11.1. The molecule has 7 rings (SSSR count). The van der Waals surface area contributed by atoms with Gasteiger partial charge in [0, 0.05) is 35.0 Å². The fraction of sp³-hybridized carbons (Fsp3) is 0.500. The van der Waals surface area contributed by atoms with Crippen LogP contribution in [-0.4, -0.2) is 95.3 Å². The minimum atomic E-state index is -1.19. The van der Waals surface area contributed by atoms with E-state index in [2.05, 4.69) is 26.6 Å². The van der Waals surface area contributed by atoms with Crippen LogP contribution in [0.5, 0.6) is 0 Å². The largest absolute Gasteiger partial charge is 0.444 e. The van der Waals surface area contributed by atoms with E-state index < -0.39 is 64.8 Å². The Labute approximate surface area is 329 Å². The first kappa shape index (κ1) is 39.3. The molecule has 0 unspecified atom stereocenters. The van der Waals surface area contributed by atoms with Gasteiger partial charge in [0.25, 0.3) is 5.91 Å². The first-order valence-corrected chi connectivity index (χ1v) is 19.4. The highest BCUT2D eigenvalue weighted by molar-refractivity contribution is 6.38. The number of carbonyl (C=O) groups excluding carboxylic acids is 5. The Balaban J connectivity index is 1.18. The Bertz CT molecular complexity index is 2030. The number of benzene rings is 2. The molecular weight excluding hydrogens is 744 g/mol. The number of alkyl carbamates (subject to hydrolysis) is 1. The fourth-order valence-electron chi connectivity index (χ4n) is 7.28. The number of ether oxygens (including phenoxy) is 2. The minimum absolute atomic E-state index is 0.00857. The lowest BCUT2D eigenvalue weighted by Gasteiger charge is -2.35. The Morgan fingerprint density at radius 2 is 1.80 bits per heavy atom. The number of Topliss-reactive ketones (excluding diaryl/α,β-unsaturated/α-hetero) is 1. The van der Waals surface area contributed by atoms with Gasteiger partial charge in [0.05, 0.1) is 36.9 Å². The van der Waals surface area contributed by atoms with Crippen LogP contribution in [0, 0.1) is 5.41 Å². The van der Waals surface area contributed by atoms with Crippen molar-refractivity contribution in [2.75, 3.05) is 19.8 Å². The number of fused-ring (bicyclic) bond motifs is 1. The van der Waals surface area contributed by atoms with Crippen molar-refractivity contribution < 1.29 is 42.8 Å². The van der Waals surface area contributed by atoms with Crippen molar-refractivity contribution in [1.82, 2.24) is 31.5 Å². The van der Waals surface area contributed by atoms with E-state index in [1.54, 1.807) is 32.9 Å². The minimum Gasteiger partial charge on any atom is -0.444 e. The zero-order valence-corrected chi connectivity index (χ0v) is 32.6. The van der Waals surface area contributed by atoms with E-state index >= 15 is 0 Å². The van der Waals surface area contributed by atoms with Gasteiger partial charge >= 0.3 is 6.09 Å². The standard InChI is InChI=1S/C40H47ClN6O9/c1-5-6-29(32(48)36(50)42-25-12-13-25)43-35(49)31-19-40(21-47(31)37(51)34(39(2,3)4)44-38(52)54-26-15-16-53-20-26)18-30(46-56-40)23-9-14-28-27(17-23)33(55-45-28)22-7-10-24(41)11-8-22/h7-11,14,17-18,25-26,29,31,34,46H,5-6,12-13,15-16,19-21H2,1-4H3,(H,42,50)(H,43,49)(H,44,52)/t26-,29-,31-,34+,40+/m0/s1. The summed E-state index contributed by atoms with van der Waals surface area (Å²) in [5, 5.41) is 13.8. The lowest BCUT2D eigenvalue weighted by Crippen LogP contribution is -2.59. The summed E-state index contributed by atoms with van der Waals surface area (Å²) in [5.41, 5.74) is 3.78. The average Bonchev–Trinajstić information content (AvgIpc) is 3.54. The van der Waals surface area contributed by atoms with Crippen molar-refractivity contribution in [1.29, 1.82) is 0 Å². The summed E-state index contributed by atoms with van der Waals surface area (Å²) in [7, 11) is 0. The summed E-state index contributed by atoms with van der Waals surface area (Å²) in [4.78, 5) is 75.7. The van der Waals surface area contributed by atoms with E-state index in [9.17, 15) is 24.0 Å². The molecule has 4 aliphatic rings. The second-order valence-electron chi connectivity index (χ2n) is 16.1. The molecule has 4 amide bonds. The van der Waals surface area contributed by atoms with Gasteiger partial charge in [0.1, 0.15) is 29.3 Å². The molecule has 3 aliphatic heterocycles. The maximum atomic E-state index is 14.7. The van der Waals surface area contributed by atoms with Crippen LogP contribution in [0.4, 0.5) is 4.79 Å². The van der Waals surface area contributed by atoms with E-state index in [0.717, 1.165) is 29.4 Å². The number of nitrogens with zero attached hydrogens (tertiary/aromatic N) is 2. The monoisotopic (exact) mass is 790 g/mol. The second kappa shape index (κ2) is 15.9. The molecule has 2 aromatic carbocycles. The molecular formula is C40H47ClN6O9. The molecule has 3 fully saturated rings. The van der Waals surface area contributed by atoms with Gasteiger partial charge < -0.3 is 34.8 Å². The molecule has 0 radical (unpaired) electrons. The van der Waals surface area contributed by atoms with Gasteiger partial charge in [-0.1, -0.05) is 56.9 Å². The molecule has 298 valence electrons. The molecule has 56 heavy (non-hydrogen) atoms. The fourth-order valence-corrected chi connectivity index (χ4v) is 7.40. The summed E-state index contributed by atoms with van der Waals surface area (Å²) in [5.74, 6) is -2.09. The van der Waals surface area contributed by atoms with Gasteiger partial charge in [0.15, 0.2) is 5.76 Å². The molecule has 2 saturated heterocycles. The lowest BCUT2D eigenvalue weighted by molar-refractivity contribution is -0.144. The zero-order chi connectivity index (χ0) is 39.8. The zero-order valence-electron chi connectivity index (χ0n) is 31.8. The molecule has 15 nitrogen and oxygen atoms in total. The second-order valence-corrected chi connectivity index (χ2v) is 16.5. The summed E-state index contributed by atoms with van der Waals surface area (Å²) in [6.45, 7) is 7.91. The quantitative estimate of drug-likeness (QED) is 0.190. The Hall–Kier alpha value is -4.99. The number of carbonyl (C=O) groups is 5. The topological polar surface area (TPSA) is 190 Å². The predicted molar refractivity (Wildman–Crippen MR) is 205 cm³/mol. The van der Waals surface area contributed by atoms with Crippen molar-refractivity contribution >= 4 is 57.8 Å². The number of halogens is 1. The van der Waals surface area contributed by atoms with Crippen molar-refractivity contribution in [3.05, 3.63) is 59.1 Å². The Morgan fingerprint density at radius 1 is 1.05 bits per heavy atom. The maximum Gasteiger partial charge on any atom is 0.408 e. The van der Waals surface area contributed by atoms with Crippen LogP contribution in [0.25, 0.3) is 27.9 Å². The lowest BCUT2D eigenvalue weighted by atomic mass is 9.85. The van der Waals surface area contributed by atoms with Crippen LogP contribution in [-0.2, 0) is 33.5 Å². The van der Waals surface area contributed by atoms with E-state index in [4.69, 9.17) is 30.4 Å². The van der Waals surface area contributed by atoms with Gasteiger partial charge in [0.2, 0.25) is 17.6 Å². The first-order valence-electron chi connectivity index (χ1n) is 19.1. The summed E-state index contributed by atoms with van der Waals surface area (Å²) in [6.07, 6.45) is 3.52. The molecule has 16 heteroatoms. The van der Waals surface area contributed by atoms with Gasteiger partial charge in [-0.3, -0.25) is 29.5 Å². The van der Waals surface area contributed by atoms with Gasteiger partial charge in [-0.2, -0.15) is 0 Å². The van der Waals surface area contributed by atoms with Crippen LogP contribution in [0.1, 0.15) is 71.8 Å². The number of aromatic nitrogens is 1. The molecule has 1 aromatic heterocycles. The summed E-state index contributed by atoms with van der Waals surface area (Å²) < 4.78 is 16.6. The third kappa shape index (κ3) is 8.54. The van der Waals surface area contributed by atoms with Gasteiger partial charge in [-0.05, 0) is 67.2 Å².